The Bertz CT molecular complexity index is 641. The average molecular weight is 349 g/mol. The van der Waals surface area contributed by atoms with Crippen LogP contribution in [0.5, 0.6) is 0 Å². The summed E-state index contributed by atoms with van der Waals surface area (Å²) < 4.78 is 0.863. The maximum absolute atomic E-state index is 12.7. The van der Waals surface area contributed by atoms with E-state index < -0.39 is 0 Å². The van der Waals surface area contributed by atoms with Crippen LogP contribution in [0, 0.1) is 0 Å². The van der Waals surface area contributed by atoms with E-state index in [1.807, 2.05) is 17.0 Å². The second-order valence-corrected chi connectivity index (χ2v) is 6.25. The number of rotatable bonds is 2. The number of aromatic nitrogens is 2. The van der Waals surface area contributed by atoms with Gasteiger partial charge in [-0.05, 0) is 37.1 Å². The average Bonchev–Trinajstić information content (AvgIpc) is 3.03. The molecule has 1 aromatic carbocycles. The molecule has 5 nitrogen and oxygen atoms in total. The molecular formula is C15H17BrN4O. The van der Waals surface area contributed by atoms with E-state index in [1.165, 1.54) is 0 Å². The lowest BCUT2D eigenvalue weighted by atomic mass is 9.94. The number of hydrogen-bond donors (Lipinski definition) is 2. The lowest BCUT2D eigenvalue weighted by Crippen LogP contribution is -2.39. The van der Waals surface area contributed by atoms with Gasteiger partial charge < -0.3 is 10.6 Å². The van der Waals surface area contributed by atoms with E-state index in [0.29, 0.717) is 23.7 Å². The zero-order chi connectivity index (χ0) is 14.8. The molecule has 1 atom stereocenters. The quantitative estimate of drug-likeness (QED) is 0.819. The number of piperidine rings is 1. The van der Waals surface area contributed by atoms with Gasteiger partial charge in [-0.3, -0.25) is 9.89 Å². The van der Waals surface area contributed by atoms with Gasteiger partial charge in [-0.15, -0.1) is 0 Å². The van der Waals surface area contributed by atoms with E-state index in [0.717, 1.165) is 29.6 Å². The normalized spacial score (nSPS) is 18.7. The number of carbonyl (C=O) groups excluding carboxylic acids is 1. The predicted octanol–water partition coefficient (Wildman–Crippen LogP) is 2.77. The molecule has 1 aliphatic rings. The van der Waals surface area contributed by atoms with Crippen molar-refractivity contribution in [3.8, 4) is 0 Å². The second kappa shape index (κ2) is 5.89. The number of amides is 1. The number of hydrogen-bond acceptors (Lipinski definition) is 3. The first kappa shape index (κ1) is 14.1. The zero-order valence-corrected chi connectivity index (χ0v) is 13.1. The Morgan fingerprint density at radius 1 is 1.43 bits per heavy atom. The molecule has 0 spiro atoms. The maximum Gasteiger partial charge on any atom is 0.256 e. The highest BCUT2D eigenvalue weighted by Crippen LogP contribution is 2.28. The zero-order valence-electron chi connectivity index (χ0n) is 11.6. The van der Waals surface area contributed by atoms with Crippen LogP contribution in [-0.2, 0) is 0 Å². The molecule has 3 N–H and O–H groups in total. The van der Waals surface area contributed by atoms with E-state index in [1.54, 1.807) is 18.3 Å². The van der Waals surface area contributed by atoms with Crippen LogP contribution in [0.25, 0.3) is 0 Å². The predicted molar refractivity (Wildman–Crippen MR) is 85.0 cm³/mol. The first-order valence-corrected chi connectivity index (χ1v) is 7.78. The number of nitrogen functional groups attached to an aromatic ring is 1. The third kappa shape index (κ3) is 2.95. The molecule has 1 aliphatic heterocycles. The maximum atomic E-state index is 12.7. The fraction of sp³-hybridized carbons (Fsp3) is 0.333. The lowest BCUT2D eigenvalue weighted by Gasteiger charge is -2.32. The summed E-state index contributed by atoms with van der Waals surface area (Å²) >= 11 is 3.39. The summed E-state index contributed by atoms with van der Waals surface area (Å²) in [5.74, 6) is 0.316. The van der Waals surface area contributed by atoms with E-state index in [-0.39, 0.29) is 5.91 Å². The first-order valence-electron chi connectivity index (χ1n) is 6.98. The Morgan fingerprint density at radius 2 is 2.29 bits per heavy atom. The number of nitrogens with two attached hydrogens (primary N) is 1. The number of halogens is 1. The van der Waals surface area contributed by atoms with Crippen LogP contribution in [0.3, 0.4) is 0 Å². The van der Waals surface area contributed by atoms with Crippen LogP contribution in [0.1, 0.15) is 34.8 Å². The van der Waals surface area contributed by atoms with Gasteiger partial charge >= 0.3 is 0 Å². The van der Waals surface area contributed by atoms with E-state index in [2.05, 4.69) is 26.1 Å². The highest BCUT2D eigenvalue weighted by molar-refractivity contribution is 9.10. The summed E-state index contributed by atoms with van der Waals surface area (Å²) in [6, 6.07) is 7.37. The lowest BCUT2D eigenvalue weighted by molar-refractivity contribution is 0.0707. The van der Waals surface area contributed by atoms with Crippen molar-refractivity contribution in [1.82, 2.24) is 15.1 Å². The van der Waals surface area contributed by atoms with Gasteiger partial charge in [-0.25, -0.2) is 0 Å². The van der Waals surface area contributed by atoms with Crippen LogP contribution < -0.4 is 5.73 Å². The monoisotopic (exact) mass is 348 g/mol. The van der Waals surface area contributed by atoms with E-state index in [4.69, 9.17) is 5.73 Å². The molecule has 2 heterocycles. The van der Waals surface area contributed by atoms with Crippen molar-refractivity contribution in [2.75, 3.05) is 18.8 Å². The minimum absolute atomic E-state index is 0.00184. The highest BCUT2D eigenvalue weighted by atomic mass is 79.9. The molecule has 1 amide bonds. The third-order valence-electron chi connectivity index (χ3n) is 3.92. The molecule has 2 aromatic rings. The summed E-state index contributed by atoms with van der Waals surface area (Å²) in [5.41, 5.74) is 8.12. The van der Waals surface area contributed by atoms with Crippen molar-refractivity contribution in [2.24, 2.45) is 0 Å². The number of H-pyrrole nitrogens is 1. The van der Waals surface area contributed by atoms with Crippen molar-refractivity contribution in [2.45, 2.75) is 18.8 Å². The van der Waals surface area contributed by atoms with Crippen LogP contribution in [-0.4, -0.2) is 34.1 Å². The summed E-state index contributed by atoms with van der Waals surface area (Å²) in [7, 11) is 0. The van der Waals surface area contributed by atoms with Crippen LogP contribution >= 0.6 is 15.9 Å². The number of likely N-dealkylation sites (tertiary alicyclic amines) is 1. The van der Waals surface area contributed by atoms with Crippen molar-refractivity contribution >= 4 is 27.5 Å². The van der Waals surface area contributed by atoms with E-state index in [9.17, 15) is 4.79 Å². The molecule has 6 heteroatoms. The van der Waals surface area contributed by atoms with Gasteiger partial charge in [0.15, 0.2) is 0 Å². The standard InChI is InChI=1S/C15H17BrN4O/c16-11-3-4-13(17)12(8-11)15(21)20-7-1-2-10(9-20)14-5-6-18-19-14/h3-6,8,10H,1-2,7,9,17H2,(H,18,19). The SMILES string of the molecule is Nc1ccc(Br)cc1C(=O)N1CCCC(c2ccn[nH]2)C1. The van der Waals surface area contributed by atoms with Gasteiger partial charge in [0.1, 0.15) is 0 Å². The highest BCUT2D eigenvalue weighted by Gasteiger charge is 2.27. The van der Waals surface area contributed by atoms with Crippen LogP contribution in [0.4, 0.5) is 5.69 Å². The summed E-state index contributed by atoms with van der Waals surface area (Å²) in [4.78, 5) is 14.6. The second-order valence-electron chi connectivity index (χ2n) is 5.33. The van der Waals surface area contributed by atoms with E-state index >= 15 is 0 Å². The third-order valence-corrected chi connectivity index (χ3v) is 4.41. The minimum Gasteiger partial charge on any atom is -0.398 e. The minimum atomic E-state index is -0.00184. The Kier molecular flexibility index (Phi) is 3.96. The topological polar surface area (TPSA) is 75.0 Å². The van der Waals surface area contributed by atoms with Gasteiger partial charge in [0, 0.05) is 41.1 Å². The molecule has 1 fully saturated rings. The number of anilines is 1. The number of aromatic amines is 1. The van der Waals surface area contributed by atoms with Crippen LogP contribution in [0.15, 0.2) is 34.9 Å². The summed E-state index contributed by atoms with van der Waals surface area (Å²) in [6.45, 7) is 1.47. The number of nitrogens with zero attached hydrogens (tertiary/aromatic N) is 2. The van der Waals surface area contributed by atoms with Gasteiger partial charge in [0.25, 0.3) is 5.91 Å². The number of benzene rings is 1. The number of carbonyl (C=O) groups is 1. The summed E-state index contributed by atoms with van der Waals surface area (Å²) in [6.07, 6.45) is 3.81. The molecule has 1 saturated heterocycles. The first-order chi connectivity index (χ1) is 10.1. The van der Waals surface area contributed by atoms with Crippen molar-refractivity contribution in [3.05, 3.63) is 46.2 Å². The Morgan fingerprint density at radius 3 is 3.05 bits per heavy atom. The van der Waals surface area contributed by atoms with Crippen molar-refractivity contribution < 1.29 is 4.79 Å². The van der Waals surface area contributed by atoms with Gasteiger partial charge in [-0.2, -0.15) is 5.10 Å². The van der Waals surface area contributed by atoms with Gasteiger partial charge in [0.05, 0.1) is 5.56 Å². The molecular weight excluding hydrogens is 332 g/mol. The Hall–Kier alpha value is -1.82. The molecule has 1 aromatic heterocycles. The Balaban J connectivity index is 1.79. The smallest absolute Gasteiger partial charge is 0.256 e. The molecule has 0 saturated carbocycles. The molecule has 21 heavy (non-hydrogen) atoms. The molecule has 110 valence electrons. The van der Waals surface area contributed by atoms with Gasteiger partial charge in [-0.1, -0.05) is 15.9 Å². The fourth-order valence-corrected chi connectivity index (χ4v) is 3.15. The molecule has 0 aliphatic carbocycles. The fourth-order valence-electron chi connectivity index (χ4n) is 2.79. The van der Waals surface area contributed by atoms with Gasteiger partial charge in [0.2, 0.25) is 0 Å². The molecule has 3 rings (SSSR count). The number of nitrogens with one attached hydrogen (secondary N) is 1. The van der Waals surface area contributed by atoms with Crippen molar-refractivity contribution in [1.29, 1.82) is 0 Å². The molecule has 0 radical (unpaired) electrons. The van der Waals surface area contributed by atoms with Crippen LogP contribution in [0.2, 0.25) is 0 Å². The molecule has 0 bridgehead atoms. The summed E-state index contributed by atoms with van der Waals surface area (Å²) in [5, 5.41) is 7.00. The Labute approximate surface area is 131 Å². The molecule has 1 unspecified atom stereocenters. The largest absolute Gasteiger partial charge is 0.398 e. The van der Waals surface area contributed by atoms with Crippen molar-refractivity contribution in [3.63, 3.8) is 0 Å².